The summed E-state index contributed by atoms with van der Waals surface area (Å²) in [7, 11) is 1.49. The molecule has 2 N–H and O–H groups in total. The lowest BCUT2D eigenvalue weighted by atomic mass is 10.1. The molecule has 0 aliphatic rings. The van der Waals surface area contributed by atoms with Crippen molar-refractivity contribution >= 4 is 16.8 Å². The Kier molecular flexibility index (Phi) is 2.07. The second-order valence-corrected chi connectivity index (χ2v) is 3.24. The van der Waals surface area contributed by atoms with E-state index in [2.05, 4.69) is 9.97 Å². The van der Waals surface area contributed by atoms with Crippen molar-refractivity contribution in [3.05, 3.63) is 28.2 Å². The molecule has 0 aliphatic carbocycles. The molecule has 0 saturated heterocycles. The molecule has 5 nitrogen and oxygen atoms in total. The molecule has 2 rings (SSSR count). The van der Waals surface area contributed by atoms with E-state index in [1.54, 1.807) is 12.1 Å². The van der Waals surface area contributed by atoms with Gasteiger partial charge in [-0.2, -0.15) is 0 Å². The van der Waals surface area contributed by atoms with Crippen molar-refractivity contribution in [2.24, 2.45) is 0 Å². The Balaban J connectivity index is 2.81. The van der Waals surface area contributed by atoms with Crippen LogP contribution in [0.25, 0.3) is 11.0 Å². The highest BCUT2D eigenvalue weighted by Crippen LogP contribution is 2.23. The van der Waals surface area contributed by atoms with Crippen LogP contribution in [0.3, 0.4) is 0 Å². The highest BCUT2D eigenvalue weighted by Gasteiger charge is 2.09. The molecule has 5 heteroatoms. The third kappa shape index (κ3) is 1.52. The van der Waals surface area contributed by atoms with Crippen LogP contribution in [-0.2, 0) is 0 Å². The molecule has 78 valence electrons. The molecule has 2 aromatic rings. The Labute approximate surface area is 85.1 Å². The van der Waals surface area contributed by atoms with Crippen molar-refractivity contribution in [1.29, 1.82) is 0 Å². The van der Waals surface area contributed by atoms with Crippen LogP contribution in [0.4, 0.5) is 0 Å². The number of carbonyl (C=O) groups excluding carboxylic acids is 1. The summed E-state index contributed by atoms with van der Waals surface area (Å²) in [5.41, 5.74) is 1.34. The fourth-order valence-corrected chi connectivity index (χ4v) is 1.47. The predicted molar refractivity (Wildman–Crippen MR) is 55.5 cm³/mol. The van der Waals surface area contributed by atoms with E-state index < -0.39 is 0 Å². The third-order valence-corrected chi connectivity index (χ3v) is 2.22. The first-order valence-electron chi connectivity index (χ1n) is 4.43. The van der Waals surface area contributed by atoms with E-state index in [1.807, 2.05) is 0 Å². The maximum Gasteiger partial charge on any atom is 0.323 e. The number of ketones is 1. The van der Waals surface area contributed by atoms with E-state index >= 15 is 0 Å². The highest BCUT2D eigenvalue weighted by molar-refractivity contribution is 5.98. The van der Waals surface area contributed by atoms with E-state index in [-0.39, 0.29) is 11.5 Å². The number of methoxy groups -OCH3 is 1. The lowest BCUT2D eigenvalue weighted by Crippen LogP contribution is -1.99. The van der Waals surface area contributed by atoms with E-state index in [0.717, 1.165) is 0 Å². The zero-order valence-corrected chi connectivity index (χ0v) is 8.38. The Bertz CT molecular complexity index is 580. The molecular formula is C10H10N2O3. The largest absolute Gasteiger partial charge is 0.494 e. The molecule has 1 aromatic carbocycles. The summed E-state index contributed by atoms with van der Waals surface area (Å²) in [5, 5.41) is 0. The first-order valence-corrected chi connectivity index (χ1v) is 4.43. The average Bonchev–Trinajstić information content (AvgIpc) is 2.56. The summed E-state index contributed by atoms with van der Waals surface area (Å²) in [5.74, 6) is 0.410. The van der Waals surface area contributed by atoms with Gasteiger partial charge < -0.3 is 14.7 Å². The summed E-state index contributed by atoms with van der Waals surface area (Å²) >= 11 is 0. The minimum atomic E-state index is -0.316. The molecule has 0 fully saturated rings. The number of hydrogen-bond acceptors (Lipinski definition) is 3. The standard InChI is InChI=1S/C10H10N2O3/c1-5(13)6-3-7-9(8(4-6)15-2)12-10(14)11-7/h3-4H,1-2H3,(H2,11,12,14). The molecule has 1 heterocycles. The number of hydrogen-bond donors (Lipinski definition) is 2. The maximum absolute atomic E-state index is 11.2. The third-order valence-electron chi connectivity index (χ3n) is 2.22. The Morgan fingerprint density at radius 2 is 2.07 bits per heavy atom. The highest BCUT2D eigenvalue weighted by atomic mass is 16.5. The number of aromatic nitrogens is 2. The first kappa shape index (κ1) is 9.51. The number of Topliss-reactive ketones (excluding diaryl/α,β-unsaturated/α-hetero) is 1. The van der Waals surface area contributed by atoms with Crippen LogP contribution < -0.4 is 10.4 Å². The van der Waals surface area contributed by atoms with Crippen molar-refractivity contribution < 1.29 is 9.53 Å². The summed E-state index contributed by atoms with van der Waals surface area (Å²) in [4.78, 5) is 27.5. The van der Waals surface area contributed by atoms with E-state index in [0.29, 0.717) is 22.3 Å². The lowest BCUT2D eigenvalue weighted by molar-refractivity contribution is 0.101. The number of rotatable bonds is 2. The van der Waals surface area contributed by atoms with Gasteiger partial charge in [0.15, 0.2) is 5.78 Å². The molecule has 0 atom stereocenters. The molecule has 0 saturated carbocycles. The van der Waals surface area contributed by atoms with Gasteiger partial charge in [0.05, 0.1) is 12.6 Å². The topological polar surface area (TPSA) is 75.0 Å². The van der Waals surface area contributed by atoms with Gasteiger partial charge in [0.25, 0.3) is 0 Å². The van der Waals surface area contributed by atoms with Crippen molar-refractivity contribution in [1.82, 2.24) is 9.97 Å². The van der Waals surface area contributed by atoms with Gasteiger partial charge in [-0.3, -0.25) is 4.79 Å². The van der Waals surface area contributed by atoms with Crippen LogP contribution in [0.15, 0.2) is 16.9 Å². The maximum atomic E-state index is 11.2. The SMILES string of the molecule is COc1cc(C(C)=O)cc2[nH]c(=O)[nH]c12. The van der Waals surface area contributed by atoms with Crippen LogP contribution in [0.1, 0.15) is 17.3 Å². The van der Waals surface area contributed by atoms with E-state index in [1.165, 1.54) is 14.0 Å². The Hall–Kier alpha value is -2.04. The summed E-state index contributed by atoms with van der Waals surface area (Å²) in [6.45, 7) is 1.46. The Morgan fingerprint density at radius 1 is 1.33 bits per heavy atom. The first-order chi connectivity index (χ1) is 7.11. The normalized spacial score (nSPS) is 10.5. The zero-order chi connectivity index (χ0) is 11.0. The number of H-pyrrole nitrogens is 2. The molecule has 0 unspecified atom stereocenters. The minimum absolute atomic E-state index is 0.0720. The summed E-state index contributed by atoms with van der Waals surface area (Å²) in [6, 6.07) is 3.23. The molecule has 0 aliphatic heterocycles. The molecule has 0 bridgehead atoms. The average molecular weight is 206 g/mol. The molecular weight excluding hydrogens is 196 g/mol. The van der Waals surface area contributed by atoms with Gasteiger partial charge in [-0.1, -0.05) is 0 Å². The number of nitrogens with one attached hydrogen (secondary N) is 2. The molecule has 1 aromatic heterocycles. The van der Waals surface area contributed by atoms with Gasteiger partial charge in [0.1, 0.15) is 11.3 Å². The molecule has 0 radical (unpaired) electrons. The second-order valence-electron chi connectivity index (χ2n) is 3.24. The van der Waals surface area contributed by atoms with E-state index in [4.69, 9.17) is 4.74 Å². The zero-order valence-electron chi connectivity index (χ0n) is 8.38. The quantitative estimate of drug-likeness (QED) is 0.721. The van der Waals surface area contributed by atoms with Crippen LogP contribution >= 0.6 is 0 Å². The molecule has 0 spiro atoms. The number of imidazole rings is 1. The smallest absolute Gasteiger partial charge is 0.323 e. The van der Waals surface area contributed by atoms with Gasteiger partial charge in [-0.25, -0.2) is 4.79 Å². The van der Waals surface area contributed by atoms with Crippen molar-refractivity contribution in [3.8, 4) is 5.75 Å². The monoisotopic (exact) mass is 206 g/mol. The van der Waals surface area contributed by atoms with Gasteiger partial charge >= 0.3 is 5.69 Å². The van der Waals surface area contributed by atoms with Crippen LogP contribution in [-0.4, -0.2) is 22.9 Å². The van der Waals surface area contributed by atoms with Crippen molar-refractivity contribution in [3.63, 3.8) is 0 Å². The number of benzene rings is 1. The molecule has 0 amide bonds. The lowest BCUT2D eigenvalue weighted by Gasteiger charge is -2.03. The number of ether oxygens (including phenoxy) is 1. The van der Waals surface area contributed by atoms with Gasteiger partial charge in [-0.05, 0) is 19.1 Å². The minimum Gasteiger partial charge on any atom is -0.494 e. The number of carbonyl (C=O) groups is 1. The predicted octanol–water partition coefficient (Wildman–Crippen LogP) is 1.07. The van der Waals surface area contributed by atoms with Crippen molar-refractivity contribution in [2.75, 3.05) is 7.11 Å². The van der Waals surface area contributed by atoms with Crippen molar-refractivity contribution in [2.45, 2.75) is 6.92 Å². The van der Waals surface area contributed by atoms with Gasteiger partial charge in [-0.15, -0.1) is 0 Å². The summed E-state index contributed by atoms with van der Waals surface area (Å²) < 4.78 is 5.09. The van der Waals surface area contributed by atoms with Crippen LogP contribution in [0, 0.1) is 0 Å². The van der Waals surface area contributed by atoms with Gasteiger partial charge in [0, 0.05) is 5.56 Å². The van der Waals surface area contributed by atoms with Crippen LogP contribution in [0.5, 0.6) is 5.75 Å². The fourth-order valence-electron chi connectivity index (χ4n) is 1.47. The number of aromatic amines is 2. The van der Waals surface area contributed by atoms with E-state index in [9.17, 15) is 9.59 Å². The second kappa shape index (κ2) is 3.27. The fraction of sp³-hybridized carbons (Fsp3) is 0.200. The molecule has 15 heavy (non-hydrogen) atoms. The van der Waals surface area contributed by atoms with Gasteiger partial charge in [0.2, 0.25) is 0 Å². The number of fused-ring (bicyclic) bond motifs is 1. The summed E-state index contributed by atoms with van der Waals surface area (Å²) in [6.07, 6.45) is 0. The Morgan fingerprint density at radius 3 is 2.67 bits per heavy atom. The van der Waals surface area contributed by atoms with Crippen LogP contribution in [0.2, 0.25) is 0 Å².